The summed E-state index contributed by atoms with van der Waals surface area (Å²) in [4.78, 5) is 24.1. The molecule has 0 aliphatic rings. The van der Waals surface area contributed by atoms with Crippen molar-refractivity contribution in [1.82, 2.24) is 0 Å². The molecule has 1 aromatic heterocycles. The number of hydrogen-bond acceptors (Lipinski definition) is 4. The van der Waals surface area contributed by atoms with Gasteiger partial charge in [-0.3, -0.25) is 9.59 Å². The molecule has 0 saturated heterocycles. The maximum atomic E-state index is 13.5. The van der Waals surface area contributed by atoms with Crippen molar-refractivity contribution >= 4 is 28.9 Å². The van der Waals surface area contributed by atoms with Crippen molar-refractivity contribution in [3.8, 4) is 0 Å². The van der Waals surface area contributed by atoms with E-state index in [0.29, 0.717) is 6.07 Å². The van der Waals surface area contributed by atoms with Gasteiger partial charge in [0.2, 0.25) is 5.91 Å². The molecule has 33 heavy (non-hydrogen) atoms. The van der Waals surface area contributed by atoms with Crippen LogP contribution >= 0.6 is 0 Å². The normalized spacial score (nSPS) is 11.7. The highest BCUT2D eigenvalue weighted by Crippen LogP contribution is 2.37. The Balaban J connectivity index is 1.73. The summed E-state index contributed by atoms with van der Waals surface area (Å²) in [5, 5.41) is 6.55. The monoisotopic (exact) mass is 471 g/mol. The topological polar surface area (TPSA) is 83.4 Å². The van der Waals surface area contributed by atoms with Crippen LogP contribution in [-0.2, 0) is 17.1 Å². The number of nitrogens with one attached hydrogen (secondary N) is 3. The highest BCUT2D eigenvalue weighted by Gasteiger charge is 2.35. The van der Waals surface area contributed by atoms with Gasteiger partial charge in [0.25, 0.3) is 5.91 Å². The van der Waals surface area contributed by atoms with E-state index in [4.69, 9.17) is 4.42 Å². The zero-order valence-corrected chi connectivity index (χ0v) is 16.5. The van der Waals surface area contributed by atoms with Crippen molar-refractivity contribution < 1.29 is 40.3 Å². The molecule has 2 aromatic carbocycles. The molecule has 6 nitrogen and oxygen atoms in total. The van der Waals surface area contributed by atoms with Crippen molar-refractivity contribution in [2.45, 2.75) is 12.4 Å². The lowest BCUT2D eigenvalue weighted by Crippen LogP contribution is -2.24. The molecule has 3 aromatic rings. The summed E-state index contributed by atoms with van der Waals surface area (Å²) in [6, 6.07) is 9.76. The van der Waals surface area contributed by atoms with Gasteiger partial charge in [0.05, 0.1) is 29.6 Å². The summed E-state index contributed by atoms with van der Waals surface area (Å²) in [5.74, 6) is -1.87. The molecule has 174 valence electrons. The van der Waals surface area contributed by atoms with Crippen LogP contribution < -0.4 is 16.0 Å². The number of para-hydroxylation sites is 1. The number of alkyl halides is 6. The van der Waals surface area contributed by atoms with E-state index < -0.39 is 53.2 Å². The second kappa shape index (κ2) is 9.27. The van der Waals surface area contributed by atoms with E-state index in [-0.39, 0.29) is 11.4 Å². The number of furan rings is 1. The number of halogens is 6. The van der Waals surface area contributed by atoms with Gasteiger partial charge >= 0.3 is 12.4 Å². The van der Waals surface area contributed by atoms with Crippen LogP contribution in [0.4, 0.5) is 43.4 Å². The summed E-state index contributed by atoms with van der Waals surface area (Å²) >= 11 is 0. The molecule has 0 aliphatic carbocycles. The number of amides is 2. The minimum Gasteiger partial charge on any atom is -0.459 e. The first-order valence-electron chi connectivity index (χ1n) is 9.21. The van der Waals surface area contributed by atoms with E-state index in [0.717, 1.165) is 30.3 Å². The van der Waals surface area contributed by atoms with Crippen molar-refractivity contribution in [2.75, 3.05) is 22.5 Å². The lowest BCUT2D eigenvalue weighted by Gasteiger charge is -2.17. The lowest BCUT2D eigenvalue weighted by atomic mass is 10.1. The van der Waals surface area contributed by atoms with Gasteiger partial charge in [-0.1, -0.05) is 12.1 Å². The Hall–Kier alpha value is -3.96. The van der Waals surface area contributed by atoms with E-state index in [1.165, 1.54) is 24.5 Å². The highest BCUT2D eigenvalue weighted by molar-refractivity contribution is 6.02. The molecule has 0 unspecified atom stereocenters. The zero-order valence-electron chi connectivity index (χ0n) is 16.5. The fraction of sp³-hybridized carbons (Fsp3) is 0.143. The SMILES string of the molecule is O=C(CNc1ccc(NC(=O)c2ccco2)cc1C(F)(F)F)Nc1ccccc1C(F)(F)F. The van der Waals surface area contributed by atoms with Crippen LogP contribution in [0.5, 0.6) is 0 Å². The first-order valence-corrected chi connectivity index (χ1v) is 9.21. The molecule has 0 fully saturated rings. The molecule has 3 N–H and O–H groups in total. The Labute approximate surface area is 182 Å². The van der Waals surface area contributed by atoms with Crippen LogP contribution in [0, 0.1) is 0 Å². The molecular weight excluding hydrogens is 456 g/mol. The Morgan fingerprint density at radius 1 is 0.788 bits per heavy atom. The summed E-state index contributed by atoms with van der Waals surface area (Å²) in [5.41, 5.74) is -3.49. The first-order chi connectivity index (χ1) is 15.4. The largest absolute Gasteiger partial charge is 0.459 e. The quantitative estimate of drug-likeness (QED) is 0.408. The molecule has 0 aliphatic heterocycles. The van der Waals surface area contributed by atoms with Crippen LogP contribution in [0.1, 0.15) is 21.7 Å². The second-order valence-electron chi connectivity index (χ2n) is 6.63. The average Bonchev–Trinajstić information content (AvgIpc) is 3.27. The van der Waals surface area contributed by atoms with Crippen LogP contribution in [-0.4, -0.2) is 18.4 Å². The molecule has 0 atom stereocenters. The highest BCUT2D eigenvalue weighted by atomic mass is 19.4. The lowest BCUT2D eigenvalue weighted by molar-refractivity contribution is -0.137. The Morgan fingerprint density at radius 3 is 2.12 bits per heavy atom. The van der Waals surface area contributed by atoms with Gasteiger partial charge in [0.1, 0.15) is 0 Å². The number of carbonyl (C=O) groups excluding carboxylic acids is 2. The van der Waals surface area contributed by atoms with Crippen LogP contribution in [0.3, 0.4) is 0 Å². The maximum Gasteiger partial charge on any atom is 0.418 e. The Kier molecular flexibility index (Phi) is 6.65. The number of rotatable bonds is 6. The summed E-state index contributed by atoms with van der Waals surface area (Å²) in [6.45, 7) is -0.743. The van der Waals surface area contributed by atoms with Gasteiger partial charge in [-0.2, -0.15) is 26.3 Å². The molecule has 3 rings (SSSR count). The first kappa shape index (κ1) is 23.7. The van der Waals surface area contributed by atoms with E-state index in [1.54, 1.807) is 0 Å². The van der Waals surface area contributed by atoms with Crippen molar-refractivity contribution in [3.63, 3.8) is 0 Å². The summed E-state index contributed by atoms with van der Waals surface area (Å²) in [6.07, 6.45) is -8.36. The predicted octanol–water partition coefficient (Wildman–Crippen LogP) is 5.62. The van der Waals surface area contributed by atoms with Crippen molar-refractivity contribution in [2.24, 2.45) is 0 Å². The molecule has 0 bridgehead atoms. The number of carbonyl (C=O) groups is 2. The number of hydrogen-bond donors (Lipinski definition) is 3. The fourth-order valence-electron chi connectivity index (χ4n) is 2.82. The minimum atomic E-state index is -4.85. The smallest absolute Gasteiger partial charge is 0.418 e. The van der Waals surface area contributed by atoms with Gasteiger partial charge < -0.3 is 20.4 Å². The van der Waals surface area contributed by atoms with Crippen molar-refractivity contribution in [3.05, 3.63) is 77.7 Å². The third kappa shape index (κ3) is 6.05. The standard InChI is InChI=1S/C21H15F6N3O3/c22-20(23,24)13-4-1-2-5-16(13)30-18(31)11-28-15-8-7-12(10-14(15)21(25,26)27)29-19(32)17-6-3-9-33-17/h1-10,28H,11H2,(H,29,32)(H,30,31). The van der Waals surface area contributed by atoms with Gasteiger partial charge in [0.15, 0.2) is 5.76 Å². The van der Waals surface area contributed by atoms with Crippen LogP contribution in [0.15, 0.2) is 65.3 Å². The number of benzene rings is 2. The van der Waals surface area contributed by atoms with Crippen molar-refractivity contribution in [1.29, 1.82) is 0 Å². The van der Waals surface area contributed by atoms with Crippen LogP contribution in [0.2, 0.25) is 0 Å². The molecule has 0 spiro atoms. The molecule has 2 amide bonds. The average molecular weight is 471 g/mol. The predicted molar refractivity (Wildman–Crippen MR) is 107 cm³/mol. The third-order valence-corrected chi connectivity index (χ3v) is 4.27. The third-order valence-electron chi connectivity index (χ3n) is 4.27. The zero-order chi connectivity index (χ0) is 24.2. The van der Waals surface area contributed by atoms with E-state index >= 15 is 0 Å². The van der Waals surface area contributed by atoms with Crippen LogP contribution in [0.25, 0.3) is 0 Å². The Bertz CT molecular complexity index is 1140. The van der Waals surface area contributed by atoms with E-state index in [2.05, 4.69) is 10.6 Å². The number of anilines is 3. The molecular formula is C21H15F6N3O3. The molecule has 0 radical (unpaired) electrons. The second-order valence-corrected chi connectivity index (χ2v) is 6.63. The van der Waals surface area contributed by atoms with Gasteiger partial charge in [0, 0.05) is 11.4 Å². The van der Waals surface area contributed by atoms with Gasteiger partial charge in [-0.15, -0.1) is 0 Å². The fourth-order valence-corrected chi connectivity index (χ4v) is 2.82. The maximum absolute atomic E-state index is 13.5. The van der Waals surface area contributed by atoms with E-state index in [9.17, 15) is 35.9 Å². The Morgan fingerprint density at radius 2 is 1.48 bits per heavy atom. The minimum absolute atomic E-state index is 0.110. The van der Waals surface area contributed by atoms with Gasteiger partial charge in [-0.25, -0.2) is 0 Å². The summed E-state index contributed by atoms with van der Waals surface area (Å²) < 4.78 is 84.4. The summed E-state index contributed by atoms with van der Waals surface area (Å²) in [7, 11) is 0. The van der Waals surface area contributed by atoms with E-state index in [1.807, 2.05) is 5.32 Å². The molecule has 12 heteroatoms. The molecule has 0 saturated carbocycles. The van der Waals surface area contributed by atoms with Gasteiger partial charge in [-0.05, 0) is 42.5 Å². The molecule has 1 heterocycles.